The molecule has 96 valence electrons. The first kappa shape index (κ1) is 15.0. The van der Waals surface area contributed by atoms with Crippen molar-refractivity contribution < 1.29 is 8.42 Å². The molecule has 0 aliphatic rings. The van der Waals surface area contributed by atoms with Crippen molar-refractivity contribution >= 4 is 28.2 Å². The molecule has 0 radical (unpaired) electrons. The maximum absolute atomic E-state index is 12.1. The van der Waals surface area contributed by atoms with Crippen molar-refractivity contribution in [3.8, 4) is 0 Å². The molecule has 0 bridgehead atoms. The van der Waals surface area contributed by atoms with E-state index in [1.165, 1.54) is 0 Å². The van der Waals surface area contributed by atoms with E-state index in [1.54, 1.807) is 12.1 Å². The van der Waals surface area contributed by atoms with Crippen LogP contribution in [0.3, 0.4) is 0 Å². The monoisotopic (exact) mass is 362 g/mol. The standard InChI is InChI=1S/C10H13O2S.3CH3.Sn/c1-3-8-13(11,12)10-6-4-9(2)5-7-10;;;;/h4-7H,1,3,8H2,2H3;3*1H3;. The molecule has 2 nitrogen and oxygen atoms in total. The van der Waals surface area contributed by atoms with E-state index in [0.29, 0.717) is 10.6 Å². The first-order chi connectivity index (χ1) is 7.71. The molecule has 0 atom stereocenters. The summed E-state index contributed by atoms with van der Waals surface area (Å²) in [5.41, 5.74) is 1.09. The second kappa shape index (κ2) is 5.74. The topological polar surface area (TPSA) is 34.1 Å². The Balaban J connectivity index is 2.66. The van der Waals surface area contributed by atoms with Gasteiger partial charge in [0.2, 0.25) is 0 Å². The SMILES string of the molecule is Cc1ccc(S(=O)(=O)CC[CH2][Sn]([CH3])([CH3])[CH3])cc1. The van der Waals surface area contributed by atoms with Gasteiger partial charge < -0.3 is 0 Å². The van der Waals surface area contributed by atoms with E-state index < -0.39 is 28.2 Å². The Labute approximate surface area is 109 Å². The van der Waals surface area contributed by atoms with Gasteiger partial charge in [0, 0.05) is 0 Å². The number of sulfone groups is 1. The molecule has 0 aliphatic carbocycles. The van der Waals surface area contributed by atoms with Gasteiger partial charge in [0.15, 0.2) is 0 Å². The summed E-state index contributed by atoms with van der Waals surface area (Å²) in [5, 5.41) is 0. The fraction of sp³-hybridized carbons (Fsp3) is 0.538. The van der Waals surface area contributed by atoms with Crippen LogP contribution < -0.4 is 0 Å². The Hall–Kier alpha value is -0.0313. The van der Waals surface area contributed by atoms with Crippen LogP contribution >= 0.6 is 0 Å². The third-order valence-corrected chi connectivity index (χ3v) is 9.83. The van der Waals surface area contributed by atoms with Crippen molar-refractivity contribution in [3.63, 3.8) is 0 Å². The molecule has 0 heterocycles. The van der Waals surface area contributed by atoms with Crippen LogP contribution in [0.2, 0.25) is 19.3 Å². The molecule has 0 aromatic heterocycles. The minimum absolute atomic E-state index is 0.296. The van der Waals surface area contributed by atoms with Gasteiger partial charge in [-0.15, -0.1) is 0 Å². The molecular formula is C13H22O2SSn. The molecule has 17 heavy (non-hydrogen) atoms. The molecule has 1 aromatic carbocycles. The first-order valence-corrected chi connectivity index (χ1v) is 18.2. The predicted octanol–water partition coefficient (Wildman–Crippen LogP) is 3.50. The van der Waals surface area contributed by atoms with Crippen LogP contribution in [0, 0.1) is 6.92 Å². The summed E-state index contributed by atoms with van der Waals surface area (Å²) in [7, 11) is -3.07. The molecular weight excluding hydrogens is 339 g/mol. The van der Waals surface area contributed by atoms with Crippen LogP contribution in [0.5, 0.6) is 0 Å². The average Bonchev–Trinajstić information content (AvgIpc) is 2.15. The summed E-state index contributed by atoms with van der Waals surface area (Å²) in [6.45, 7) is 1.96. The molecule has 0 saturated heterocycles. The molecule has 0 saturated carbocycles. The summed E-state index contributed by atoms with van der Waals surface area (Å²) < 4.78 is 25.2. The van der Waals surface area contributed by atoms with Gasteiger partial charge in [-0.2, -0.15) is 0 Å². The predicted molar refractivity (Wildman–Crippen MR) is 76.0 cm³/mol. The molecule has 0 unspecified atom stereocenters. The number of aryl methyl sites for hydroxylation is 1. The summed E-state index contributed by atoms with van der Waals surface area (Å²) in [4.78, 5) is 7.49. The van der Waals surface area contributed by atoms with Crippen molar-refractivity contribution in [3.05, 3.63) is 29.8 Å². The Kier molecular flexibility index (Phi) is 5.07. The second-order valence-electron chi connectivity index (χ2n) is 5.80. The van der Waals surface area contributed by atoms with Crippen LogP contribution in [0.4, 0.5) is 0 Å². The zero-order chi connectivity index (χ0) is 13.1. The Bertz CT molecular complexity index is 455. The minimum atomic E-state index is -3.07. The first-order valence-electron chi connectivity index (χ1n) is 6.00. The van der Waals surface area contributed by atoms with Gasteiger partial charge in [-0.1, -0.05) is 0 Å². The van der Waals surface area contributed by atoms with Gasteiger partial charge in [0.25, 0.3) is 0 Å². The molecule has 0 fully saturated rings. The Morgan fingerprint density at radius 1 is 1.06 bits per heavy atom. The van der Waals surface area contributed by atoms with Crippen LogP contribution in [-0.4, -0.2) is 32.5 Å². The number of rotatable bonds is 5. The zero-order valence-corrected chi connectivity index (χ0v) is 14.8. The van der Waals surface area contributed by atoms with Crippen molar-refractivity contribution in [1.29, 1.82) is 0 Å². The zero-order valence-electron chi connectivity index (χ0n) is 11.2. The van der Waals surface area contributed by atoms with E-state index in [2.05, 4.69) is 14.8 Å². The molecule has 0 aliphatic heterocycles. The van der Waals surface area contributed by atoms with Crippen molar-refractivity contribution in [1.82, 2.24) is 0 Å². The third kappa shape index (κ3) is 5.42. The number of benzene rings is 1. The van der Waals surface area contributed by atoms with Crippen LogP contribution in [0.1, 0.15) is 12.0 Å². The quantitative estimate of drug-likeness (QED) is 0.753. The van der Waals surface area contributed by atoms with Crippen LogP contribution in [0.15, 0.2) is 29.2 Å². The fourth-order valence-corrected chi connectivity index (χ4v) is 7.23. The molecule has 0 N–H and O–H groups in total. The third-order valence-electron chi connectivity index (χ3n) is 2.72. The Morgan fingerprint density at radius 2 is 1.59 bits per heavy atom. The summed E-state index contributed by atoms with van der Waals surface area (Å²) in [5.74, 6) is 0.296. The Morgan fingerprint density at radius 3 is 2.06 bits per heavy atom. The number of hydrogen-bond donors (Lipinski definition) is 0. The fourth-order valence-electron chi connectivity index (χ4n) is 1.66. The van der Waals surface area contributed by atoms with E-state index in [1.807, 2.05) is 19.1 Å². The summed E-state index contributed by atoms with van der Waals surface area (Å²) in [6.07, 6.45) is 0.815. The van der Waals surface area contributed by atoms with Gasteiger partial charge in [-0.25, -0.2) is 0 Å². The molecule has 1 aromatic rings. The van der Waals surface area contributed by atoms with E-state index in [0.717, 1.165) is 16.4 Å². The van der Waals surface area contributed by atoms with Gasteiger partial charge >= 0.3 is 110 Å². The molecule has 0 amide bonds. The average molecular weight is 361 g/mol. The summed E-state index contributed by atoms with van der Waals surface area (Å²) in [6, 6.07) is 7.14. The van der Waals surface area contributed by atoms with Gasteiger partial charge in [0.1, 0.15) is 0 Å². The molecule has 4 heteroatoms. The van der Waals surface area contributed by atoms with E-state index in [9.17, 15) is 8.42 Å². The van der Waals surface area contributed by atoms with Gasteiger partial charge in [0.05, 0.1) is 0 Å². The van der Waals surface area contributed by atoms with Crippen LogP contribution in [-0.2, 0) is 9.84 Å². The van der Waals surface area contributed by atoms with Gasteiger partial charge in [-0.05, 0) is 0 Å². The maximum atomic E-state index is 12.1. The number of hydrogen-bond acceptors (Lipinski definition) is 2. The van der Waals surface area contributed by atoms with Crippen molar-refractivity contribution in [2.45, 2.75) is 37.5 Å². The van der Waals surface area contributed by atoms with E-state index in [4.69, 9.17) is 0 Å². The molecule has 0 spiro atoms. The van der Waals surface area contributed by atoms with Crippen LogP contribution in [0.25, 0.3) is 0 Å². The molecule has 1 rings (SSSR count). The van der Waals surface area contributed by atoms with Gasteiger partial charge in [-0.3, -0.25) is 0 Å². The van der Waals surface area contributed by atoms with E-state index >= 15 is 0 Å². The second-order valence-corrected chi connectivity index (χ2v) is 23.9. The van der Waals surface area contributed by atoms with Crippen molar-refractivity contribution in [2.75, 3.05) is 5.75 Å². The summed E-state index contributed by atoms with van der Waals surface area (Å²) >= 11 is -1.81. The van der Waals surface area contributed by atoms with Crippen molar-refractivity contribution in [2.24, 2.45) is 0 Å². The van der Waals surface area contributed by atoms with E-state index in [-0.39, 0.29) is 0 Å². The normalized spacial score (nSPS) is 12.7.